The normalized spacial score (nSPS) is 22.1. The first-order valence-electron chi connectivity index (χ1n) is 6.07. The molecule has 2 N–H and O–H groups in total. The number of rotatable bonds is 3. The minimum atomic E-state index is -0.476. The molecule has 0 radical (unpaired) electrons. The van der Waals surface area contributed by atoms with Gasteiger partial charge in [0.1, 0.15) is 5.56 Å². The van der Waals surface area contributed by atoms with Gasteiger partial charge in [-0.25, -0.2) is 0 Å². The van der Waals surface area contributed by atoms with E-state index in [4.69, 9.17) is 15.0 Å². The van der Waals surface area contributed by atoms with Crippen LogP contribution in [-0.2, 0) is 4.74 Å². The topological polar surface area (TPSA) is 117 Å². The predicted octanol–water partition coefficient (Wildman–Crippen LogP) is 1.09. The van der Waals surface area contributed by atoms with Gasteiger partial charge in [0.2, 0.25) is 11.7 Å². The van der Waals surface area contributed by atoms with E-state index in [1.807, 2.05) is 0 Å². The summed E-state index contributed by atoms with van der Waals surface area (Å²) in [4.78, 5) is 14.7. The van der Waals surface area contributed by atoms with E-state index in [1.54, 1.807) is 18.2 Å². The van der Waals surface area contributed by atoms with Crippen molar-refractivity contribution in [2.45, 2.75) is 12.0 Å². The van der Waals surface area contributed by atoms with E-state index >= 15 is 0 Å². The van der Waals surface area contributed by atoms with E-state index in [9.17, 15) is 10.1 Å². The van der Waals surface area contributed by atoms with Gasteiger partial charge in [-0.15, -0.1) is 0 Å². The number of aromatic nitrogens is 2. The van der Waals surface area contributed by atoms with Crippen molar-refractivity contribution >= 4 is 5.69 Å². The summed E-state index contributed by atoms with van der Waals surface area (Å²) >= 11 is 0. The number of nitro groups is 1. The number of nitro benzene ring substituents is 1. The van der Waals surface area contributed by atoms with Crippen LogP contribution in [0.4, 0.5) is 5.69 Å². The van der Waals surface area contributed by atoms with Gasteiger partial charge < -0.3 is 15.0 Å². The molecular weight excluding hydrogens is 264 g/mol. The first kappa shape index (κ1) is 12.7. The van der Waals surface area contributed by atoms with Gasteiger partial charge in [-0.3, -0.25) is 10.1 Å². The Balaban J connectivity index is 1.96. The maximum Gasteiger partial charge on any atom is 0.280 e. The molecule has 2 unspecified atom stereocenters. The van der Waals surface area contributed by atoms with E-state index in [-0.39, 0.29) is 23.5 Å². The zero-order chi connectivity index (χ0) is 14.1. The summed E-state index contributed by atoms with van der Waals surface area (Å²) < 4.78 is 10.4. The Bertz CT molecular complexity index is 642. The summed E-state index contributed by atoms with van der Waals surface area (Å²) in [5.74, 6) is 0.369. The van der Waals surface area contributed by atoms with Gasteiger partial charge in [0.05, 0.1) is 24.1 Å². The number of hydrogen-bond acceptors (Lipinski definition) is 7. The molecular formula is C12H12N4O4. The van der Waals surface area contributed by atoms with Gasteiger partial charge in [0.15, 0.2) is 0 Å². The number of ether oxygens (including phenoxy) is 1. The van der Waals surface area contributed by atoms with Crippen molar-refractivity contribution in [2.75, 3.05) is 13.2 Å². The molecule has 3 rings (SSSR count). The van der Waals surface area contributed by atoms with Crippen molar-refractivity contribution in [3.8, 4) is 11.4 Å². The van der Waals surface area contributed by atoms with Gasteiger partial charge in [-0.2, -0.15) is 4.98 Å². The van der Waals surface area contributed by atoms with Gasteiger partial charge in [-0.1, -0.05) is 17.3 Å². The number of nitrogens with two attached hydrogens (primary N) is 1. The lowest BCUT2D eigenvalue weighted by atomic mass is 10.1. The fourth-order valence-corrected chi connectivity index (χ4v) is 2.14. The molecule has 1 fully saturated rings. The minimum absolute atomic E-state index is 0.0631. The van der Waals surface area contributed by atoms with E-state index in [0.29, 0.717) is 24.7 Å². The van der Waals surface area contributed by atoms with Crippen molar-refractivity contribution in [3.05, 3.63) is 40.3 Å². The Hall–Kier alpha value is -2.32. The lowest BCUT2D eigenvalue weighted by Gasteiger charge is -2.06. The highest BCUT2D eigenvalue weighted by Gasteiger charge is 2.32. The molecule has 1 aromatic heterocycles. The Labute approximate surface area is 113 Å². The molecule has 8 heteroatoms. The quantitative estimate of drug-likeness (QED) is 0.658. The van der Waals surface area contributed by atoms with Crippen molar-refractivity contribution < 1.29 is 14.2 Å². The molecule has 2 heterocycles. The smallest absolute Gasteiger partial charge is 0.280 e. The zero-order valence-electron chi connectivity index (χ0n) is 10.4. The third-order valence-electron chi connectivity index (χ3n) is 3.23. The molecule has 20 heavy (non-hydrogen) atoms. The van der Waals surface area contributed by atoms with Crippen LogP contribution in [0.1, 0.15) is 11.8 Å². The van der Waals surface area contributed by atoms with Crippen LogP contribution in [0.25, 0.3) is 11.4 Å². The van der Waals surface area contributed by atoms with Crippen molar-refractivity contribution in [1.29, 1.82) is 0 Å². The fourth-order valence-electron chi connectivity index (χ4n) is 2.14. The van der Waals surface area contributed by atoms with E-state index in [0.717, 1.165) is 0 Å². The number of nitrogens with zero attached hydrogens (tertiary/aromatic N) is 3. The second-order valence-electron chi connectivity index (χ2n) is 4.54. The third-order valence-corrected chi connectivity index (χ3v) is 3.23. The number of benzene rings is 1. The van der Waals surface area contributed by atoms with Gasteiger partial charge in [-0.05, 0) is 6.07 Å². The fraction of sp³-hybridized carbons (Fsp3) is 0.333. The minimum Gasteiger partial charge on any atom is -0.379 e. The SMILES string of the molecule is NC1COCC1c1nc(-c2ccccc2[N+](=O)[O-])no1. The second kappa shape index (κ2) is 4.99. The molecule has 2 atom stereocenters. The Morgan fingerprint density at radius 3 is 2.85 bits per heavy atom. The first-order chi connectivity index (χ1) is 9.66. The Morgan fingerprint density at radius 1 is 1.35 bits per heavy atom. The summed E-state index contributed by atoms with van der Waals surface area (Å²) in [6.07, 6.45) is 0. The summed E-state index contributed by atoms with van der Waals surface area (Å²) in [6, 6.07) is 6.05. The van der Waals surface area contributed by atoms with Crippen LogP contribution in [0.2, 0.25) is 0 Å². The summed E-state index contributed by atoms with van der Waals surface area (Å²) in [5, 5.41) is 14.8. The number of para-hydroxylation sites is 1. The maximum atomic E-state index is 11.0. The molecule has 1 aromatic carbocycles. The van der Waals surface area contributed by atoms with Crippen LogP contribution >= 0.6 is 0 Å². The molecule has 0 bridgehead atoms. The maximum absolute atomic E-state index is 11.0. The first-order valence-corrected chi connectivity index (χ1v) is 6.07. The molecule has 0 saturated carbocycles. The van der Waals surface area contributed by atoms with Crippen LogP contribution in [-0.4, -0.2) is 34.3 Å². The predicted molar refractivity (Wildman–Crippen MR) is 67.9 cm³/mol. The van der Waals surface area contributed by atoms with E-state index in [1.165, 1.54) is 6.07 Å². The molecule has 1 aliphatic rings. The largest absolute Gasteiger partial charge is 0.379 e. The van der Waals surface area contributed by atoms with E-state index < -0.39 is 4.92 Å². The average molecular weight is 276 g/mol. The van der Waals surface area contributed by atoms with Gasteiger partial charge in [0.25, 0.3) is 5.69 Å². The summed E-state index contributed by atoms with van der Waals surface area (Å²) in [6.45, 7) is 0.855. The highest BCUT2D eigenvalue weighted by Crippen LogP contribution is 2.30. The summed E-state index contributed by atoms with van der Waals surface area (Å²) in [5.41, 5.74) is 6.13. The molecule has 1 aliphatic heterocycles. The third kappa shape index (κ3) is 2.15. The van der Waals surface area contributed by atoms with Crippen molar-refractivity contribution in [2.24, 2.45) is 5.73 Å². The Morgan fingerprint density at radius 2 is 2.15 bits per heavy atom. The second-order valence-corrected chi connectivity index (χ2v) is 4.54. The van der Waals surface area contributed by atoms with Crippen molar-refractivity contribution in [1.82, 2.24) is 10.1 Å². The zero-order valence-corrected chi connectivity index (χ0v) is 10.4. The molecule has 8 nitrogen and oxygen atoms in total. The van der Waals surface area contributed by atoms with E-state index in [2.05, 4.69) is 10.1 Å². The van der Waals surface area contributed by atoms with Crippen LogP contribution in [0, 0.1) is 10.1 Å². The van der Waals surface area contributed by atoms with Crippen LogP contribution < -0.4 is 5.73 Å². The summed E-state index contributed by atoms with van der Waals surface area (Å²) in [7, 11) is 0. The molecule has 0 aliphatic carbocycles. The molecule has 1 saturated heterocycles. The molecule has 0 spiro atoms. The van der Waals surface area contributed by atoms with Crippen molar-refractivity contribution in [3.63, 3.8) is 0 Å². The van der Waals surface area contributed by atoms with Crippen LogP contribution in [0.15, 0.2) is 28.8 Å². The van der Waals surface area contributed by atoms with Gasteiger partial charge in [0, 0.05) is 12.1 Å². The highest BCUT2D eigenvalue weighted by atomic mass is 16.6. The molecule has 2 aromatic rings. The van der Waals surface area contributed by atoms with Crippen LogP contribution in [0.5, 0.6) is 0 Å². The monoisotopic (exact) mass is 276 g/mol. The average Bonchev–Trinajstić information content (AvgIpc) is 3.07. The Kier molecular flexibility index (Phi) is 3.17. The standard InChI is InChI=1S/C12H12N4O4/c13-9-6-19-5-8(9)12-14-11(15-20-12)7-3-1-2-4-10(7)16(17)18/h1-4,8-9H,5-6,13H2. The highest BCUT2D eigenvalue weighted by molar-refractivity contribution is 5.67. The lowest BCUT2D eigenvalue weighted by molar-refractivity contribution is -0.384. The molecule has 0 amide bonds. The number of hydrogen-bond donors (Lipinski definition) is 1. The van der Waals surface area contributed by atoms with Gasteiger partial charge >= 0.3 is 0 Å². The van der Waals surface area contributed by atoms with Crippen LogP contribution in [0.3, 0.4) is 0 Å². The lowest BCUT2D eigenvalue weighted by Crippen LogP contribution is -2.26. The molecule has 104 valence electrons.